The minimum absolute atomic E-state index is 0.181. The second kappa shape index (κ2) is 5.80. The maximum atomic E-state index is 11.8. The van der Waals surface area contributed by atoms with Gasteiger partial charge in [-0.2, -0.15) is 0 Å². The predicted octanol–water partition coefficient (Wildman–Crippen LogP) is 2.32. The van der Waals surface area contributed by atoms with Crippen LogP contribution in [-0.4, -0.2) is 16.9 Å². The number of aromatic nitrogens is 1. The van der Waals surface area contributed by atoms with Crippen molar-refractivity contribution in [1.29, 1.82) is 0 Å². The number of amides is 1. The van der Waals surface area contributed by atoms with Crippen LogP contribution in [0.25, 0.3) is 0 Å². The van der Waals surface area contributed by atoms with Crippen molar-refractivity contribution in [2.75, 3.05) is 0 Å². The number of nitrogens with one attached hydrogen (secondary N) is 1. The van der Waals surface area contributed by atoms with Crippen LogP contribution in [0, 0.1) is 5.92 Å². The zero-order chi connectivity index (χ0) is 12.1. The average molecular weight is 232 g/mol. The van der Waals surface area contributed by atoms with Crippen molar-refractivity contribution in [3.63, 3.8) is 0 Å². The summed E-state index contributed by atoms with van der Waals surface area (Å²) in [5.74, 6) is 0.946. The summed E-state index contributed by atoms with van der Waals surface area (Å²) in [5.41, 5.74) is 1.18. The molecule has 1 saturated carbocycles. The zero-order valence-corrected chi connectivity index (χ0v) is 10.4. The van der Waals surface area contributed by atoms with E-state index >= 15 is 0 Å². The Balaban J connectivity index is 1.71. The lowest BCUT2D eigenvalue weighted by atomic mass is 10.1. The van der Waals surface area contributed by atoms with Crippen LogP contribution < -0.4 is 5.32 Å². The van der Waals surface area contributed by atoms with Gasteiger partial charge in [-0.25, -0.2) is 0 Å². The first kappa shape index (κ1) is 12.1. The molecule has 2 rings (SSSR count). The Hall–Kier alpha value is -1.38. The smallest absolute Gasteiger partial charge is 0.220 e. The molecule has 1 aromatic rings. The monoisotopic (exact) mass is 232 g/mol. The van der Waals surface area contributed by atoms with Crippen LogP contribution >= 0.6 is 0 Å². The van der Waals surface area contributed by atoms with E-state index in [4.69, 9.17) is 0 Å². The molecule has 2 unspecified atom stereocenters. The van der Waals surface area contributed by atoms with E-state index in [0.29, 0.717) is 12.5 Å². The zero-order valence-electron chi connectivity index (χ0n) is 10.4. The van der Waals surface area contributed by atoms with Crippen molar-refractivity contribution in [3.05, 3.63) is 30.1 Å². The van der Waals surface area contributed by atoms with Gasteiger partial charge in [-0.3, -0.25) is 9.78 Å². The summed E-state index contributed by atoms with van der Waals surface area (Å²) in [6, 6.07) is 4.34. The third-order valence-corrected chi connectivity index (χ3v) is 3.45. The molecule has 0 radical (unpaired) electrons. The SMILES string of the molecule is CC1CCC(NC(=O)CCc2ccncc2)C1. The fourth-order valence-electron chi connectivity index (χ4n) is 2.45. The Kier molecular flexibility index (Phi) is 4.13. The Morgan fingerprint density at radius 2 is 2.18 bits per heavy atom. The summed E-state index contributed by atoms with van der Waals surface area (Å²) in [4.78, 5) is 15.7. The van der Waals surface area contributed by atoms with Gasteiger partial charge in [-0.1, -0.05) is 6.92 Å². The molecule has 92 valence electrons. The largest absolute Gasteiger partial charge is 0.353 e. The van der Waals surface area contributed by atoms with Crippen molar-refractivity contribution in [3.8, 4) is 0 Å². The molecule has 2 atom stereocenters. The number of carbonyl (C=O) groups is 1. The predicted molar refractivity (Wildman–Crippen MR) is 67.5 cm³/mol. The number of nitrogens with zero attached hydrogens (tertiary/aromatic N) is 1. The highest BCUT2D eigenvalue weighted by Gasteiger charge is 2.22. The molecule has 1 heterocycles. The van der Waals surface area contributed by atoms with Gasteiger partial charge >= 0.3 is 0 Å². The van der Waals surface area contributed by atoms with Crippen LogP contribution in [0.5, 0.6) is 0 Å². The van der Waals surface area contributed by atoms with Gasteiger partial charge in [0, 0.05) is 24.9 Å². The molecule has 3 heteroatoms. The van der Waals surface area contributed by atoms with Crippen LogP contribution in [0.2, 0.25) is 0 Å². The molecule has 17 heavy (non-hydrogen) atoms. The molecule has 1 aliphatic carbocycles. The highest BCUT2D eigenvalue weighted by atomic mass is 16.1. The molecule has 0 saturated heterocycles. The van der Waals surface area contributed by atoms with E-state index in [0.717, 1.165) is 25.2 Å². The number of pyridine rings is 1. The molecule has 3 nitrogen and oxygen atoms in total. The van der Waals surface area contributed by atoms with Crippen molar-refractivity contribution < 1.29 is 4.79 Å². The van der Waals surface area contributed by atoms with E-state index in [1.54, 1.807) is 12.4 Å². The lowest BCUT2D eigenvalue weighted by Gasteiger charge is -2.12. The molecule has 1 fully saturated rings. The van der Waals surface area contributed by atoms with E-state index < -0.39 is 0 Å². The number of carbonyl (C=O) groups excluding carboxylic acids is 1. The topological polar surface area (TPSA) is 42.0 Å². The fourth-order valence-corrected chi connectivity index (χ4v) is 2.45. The normalized spacial score (nSPS) is 23.6. The van der Waals surface area contributed by atoms with Crippen LogP contribution in [0.4, 0.5) is 0 Å². The Bertz CT molecular complexity index is 364. The van der Waals surface area contributed by atoms with E-state index in [-0.39, 0.29) is 5.91 Å². The first-order chi connectivity index (χ1) is 8.24. The summed E-state index contributed by atoms with van der Waals surface area (Å²) in [6.07, 6.45) is 8.45. The molecule has 1 N–H and O–H groups in total. The third-order valence-electron chi connectivity index (χ3n) is 3.45. The average Bonchev–Trinajstić information content (AvgIpc) is 2.73. The minimum Gasteiger partial charge on any atom is -0.353 e. The van der Waals surface area contributed by atoms with Gasteiger partial charge in [0.1, 0.15) is 0 Å². The Morgan fingerprint density at radius 1 is 1.41 bits per heavy atom. The summed E-state index contributed by atoms with van der Waals surface area (Å²) in [6.45, 7) is 2.25. The highest BCUT2D eigenvalue weighted by Crippen LogP contribution is 2.24. The highest BCUT2D eigenvalue weighted by molar-refractivity contribution is 5.76. The van der Waals surface area contributed by atoms with Gasteiger partial charge in [-0.15, -0.1) is 0 Å². The Labute approximate surface area is 103 Å². The lowest BCUT2D eigenvalue weighted by molar-refractivity contribution is -0.121. The Morgan fingerprint density at radius 3 is 2.82 bits per heavy atom. The molecule has 1 aliphatic rings. The van der Waals surface area contributed by atoms with Crippen LogP contribution in [0.15, 0.2) is 24.5 Å². The summed E-state index contributed by atoms with van der Waals surface area (Å²) in [7, 11) is 0. The fraction of sp³-hybridized carbons (Fsp3) is 0.571. The lowest BCUT2D eigenvalue weighted by Crippen LogP contribution is -2.32. The van der Waals surface area contributed by atoms with Crippen LogP contribution in [-0.2, 0) is 11.2 Å². The molecule has 1 aromatic heterocycles. The van der Waals surface area contributed by atoms with E-state index in [2.05, 4.69) is 17.2 Å². The van der Waals surface area contributed by atoms with Crippen LogP contribution in [0.1, 0.15) is 38.2 Å². The standard InChI is InChI=1S/C14H20N2O/c1-11-2-4-13(10-11)16-14(17)5-3-12-6-8-15-9-7-12/h6-9,11,13H,2-5,10H2,1H3,(H,16,17). The molecular formula is C14H20N2O. The molecule has 0 aliphatic heterocycles. The maximum Gasteiger partial charge on any atom is 0.220 e. The van der Waals surface area contributed by atoms with Gasteiger partial charge in [0.2, 0.25) is 5.91 Å². The number of hydrogen-bond donors (Lipinski definition) is 1. The summed E-state index contributed by atoms with van der Waals surface area (Å²) >= 11 is 0. The third kappa shape index (κ3) is 3.84. The molecule has 0 bridgehead atoms. The van der Waals surface area contributed by atoms with E-state index in [1.807, 2.05) is 12.1 Å². The quantitative estimate of drug-likeness (QED) is 0.865. The maximum absolute atomic E-state index is 11.8. The number of rotatable bonds is 4. The number of hydrogen-bond acceptors (Lipinski definition) is 2. The van der Waals surface area contributed by atoms with Crippen molar-refractivity contribution in [1.82, 2.24) is 10.3 Å². The minimum atomic E-state index is 0.181. The van der Waals surface area contributed by atoms with Gasteiger partial charge < -0.3 is 5.32 Å². The van der Waals surface area contributed by atoms with Gasteiger partial charge in [0.05, 0.1) is 0 Å². The molecule has 0 aromatic carbocycles. The second-order valence-electron chi connectivity index (χ2n) is 5.04. The van der Waals surface area contributed by atoms with Gasteiger partial charge in [0.15, 0.2) is 0 Å². The van der Waals surface area contributed by atoms with Crippen molar-refractivity contribution in [2.24, 2.45) is 5.92 Å². The second-order valence-corrected chi connectivity index (χ2v) is 5.04. The summed E-state index contributed by atoms with van der Waals surface area (Å²) < 4.78 is 0. The van der Waals surface area contributed by atoms with Gasteiger partial charge in [0.25, 0.3) is 0 Å². The molecule has 1 amide bonds. The first-order valence-corrected chi connectivity index (χ1v) is 6.42. The van der Waals surface area contributed by atoms with Crippen molar-refractivity contribution in [2.45, 2.75) is 45.1 Å². The molecular weight excluding hydrogens is 212 g/mol. The molecule has 0 spiro atoms. The van der Waals surface area contributed by atoms with E-state index in [9.17, 15) is 4.79 Å². The van der Waals surface area contributed by atoms with Gasteiger partial charge in [-0.05, 0) is 49.3 Å². The summed E-state index contributed by atoms with van der Waals surface area (Å²) in [5, 5.41) is 3.12. The van der Waals surface area contributed by atoms with E-state index in [1.165, 1.54) is 12.0 Å². The first-order valence-electron chi connectivity index (χ1n) is 6.42. The van der Waals surface area contributed by atoms with Crippen molar-refractivity contribution >= 4 is 5.91 Å². The number of aryl methyl sites for hydroxylation is 1. The van der Waals surface area contributed by atoms with Crippen LogP contribution in [0.3, 0.4) is 0 Å².